The first kappa shape index (κ1) is 14.3. The summed E-state index contributed by atoms with van der Waals surface area (Å²) in [6, 6.07) is 6.19. The van der Waals surface area contributed by atoms with Crippen molar-refractivity contribution in [3.63, 3.8) is 0 Å². The minimum absolute atomic E-state index is 0.00551. The third-order valence-corrected chi connectivity index (χ3v) is 5.07. The van der Waals surface area contributed by atoms with Crippen LogP contribution < -0.4 is 5.32 Å². The number of hydrogen-bond donors (Lipinski definition) is 1. The molecule has 0 radical (unpaired) electrons. The quantitative estimate of drug-likeness (QED) is 0.864. The molecule has 2 rings (SSSR count). The molecular weight excluding hydrogens is 276 g/mol. The summed E-state index contributed by atoms with van der Waals surface area (Å²) in [5, 5.41) is 3.26. The van der Waals surface area contributed by atoms with Crippen molar-refractivity contribution >= 4 is 39.9 Å². The van der Waals surface area contributed by atoms with E-state index in [2.05, 4.69) is 31.3 Å². The molecule has 0 aromatic heterocycles. The van der Waals surface area contributed by atoms with Gasteiger partial charge in [0.05, 0.1) is 11.9 Å². The molecular formula is C14H18N2OS2. The summed E-state index contributed by atoms with van der Waals surface area (Å²) in [6.45, 7) is 6.62. The van der Waals surface area contributed by atoms with Gasteiger partial charge >= 0.3 is 0 Å². The first-order valence-electron chi connectivity index (χ1n) is 6.36. The lowest BCUT2D eigenvalue weighted by molar-refractivity contribution is -0.125. The average molecular weight is 294 g/mol. The predicted octanol–water partition coefficient (Wildman–Crippen LogP) is 3.31. The number of anilines is 1. The van der Waals surface area contributed by atoms with Crippen molar-refractivity contribution in [2.45, 2.75) is 32.4 Å². The molecule has 3 nitrogen and oxygen atoms in total. The van der Waals surface area contributed by atoms with Gasteiger partial charge in [-0.15, -0.1) is 0 Å². The van der Waals surface area contributed by atoms with Crippen molar-refractivity contribution in [1.29, 1.82) is 0 Å². The number of nitrogens with zero attached hydrogens (tertiary/aromatic N) is 1. The molecule has 19 heavy (non-hydrogen) atoms. The van der Waals surface area contributed by atoms with E-state index < -0.39 is 0 Å². The summed E-state index contributed by atoms with van der Waals surface area (Å²) in [4.78, 5) is 13.7. The lowest BCUT2D eigenvalue weighted by atomic mass is 10.1. The van der Waals surface area contributed by atoms with Gasteiger partial charge < -0.3 is 5.32 Å². The van der Waals surface area contributed by atoms with Gasteiger partial charge in [0, 0.05) is 5.69 Å². The zero-order chi connectivity index (χ0) is 14.0. The molecule has 0 unspecified atom stereocenters. The maximum atomic E-state index is 12.1. The Balaban J connectivity index is 2.00. The number of hydrogen-bond acceptors (Lipinski definition) is 4. The molecule has 1 aliphatic heterocycles. The molecule has 1 heterocycles. The van der Waals surface area contributed by atoms with Crippen LogP contribution in [0.1, 0.15) is 24.5 Å². The van der Waals surface area contributed by atoms with Crippen LogP contribution in [0.2, 0.25) is 0 Å². The minimum Gasteiger partial charge on any atom is -0.367 e. The van der Waals surface area contributed by atoms with Gasteiger partial charge in [-0.2, -0.15) is 0 Å². The number of rotatable bonds is 4. The molecule has 0 bridgehead atoms. The zero-order valence-electron chi connectivity index (χ0n) is 11.4. The molecule has 1 N–H and O–H groups in total. The topological polar surface area (TPSA) is 32.3 Å². The van der Waals surface area contributed by atoms with E-state index in [1.807, 2.05) is 13.0 Å². The van der Waals surface area contributed by atoms with Gasteiger partial charge in [-0.25, -0.2) is 0 Å². The smallest absolute Gasteiger partial charge is 0.243 e. The van der Waals surface area contributed by atoms with Crippen LogP contribution in [0.25, 0.3) is 0 Å². The molecule has 102 valence electrons. The molecule has 0 saturated carbocycles. The van der Waals surface area contributed by atoms with Crippen LogP contribution >= 0.6 is 24.0 Å². The fourth-order valence-corrected chi connectivity index (χ4v) is 3.34. The van der Waals surface area contributed by atoms with E-state index in [4.69, 9.17) is 12.2 Å². The van der Waals surface area contributed by atoms with Crippen molar-refractivity contribution < 1.29 is 4.79 Å². The van der Waals surface area contributed by atoms with E-state index in [-0.39, 0.29) is 11.2 Å². The maximum absolute atomic E-state index is 12.1. The molecule has 1 amide bonds. The number of carbonyl (C=O) groups excluding carboxylic acids is 1. The van der Waals surface area contributed by atoms with E-state index in [1.165, 1.54) is 22.9 Å². The third-order valence-electron chi connectivity index (χ3n) is 3.32. The van der Waals surface area contributed by atoms with Crippen molar-refractivity contribution in [2.75, 3.05) is 12.0 Å². The first-order valence-corrected chi connectivity index (χ1v) is 7.65. The predicted molar refractivity (Wildman–Crippen MR) is 85.5 cm³/mol. The highest BCUT2D eigenvalue weighted by atomic mass is 32.2. The Bertz CT molecular complexity index is 516. The third kappa shape index (κ3) is 3.09. The molecule has 0 aliphatic carbocycles. The van der Waals surface area contributed by atoms with Crippen molar-refractivity contribution in [3.8, 4) is 0 Å². The lowest BCUT2D eigenvalue weighted by Crippen LogP contribution is -2.35. The molecule has 1 aliphatic rings. The fourth-order valence-electron chi connectivity index (χ4n) is 1.92. The molecule has 1 aromatic rings. The number of carbonyl (C=O) groups is 1. The van der Waals surface area contributed by atoms with E-state index in [1.54, 1.807) is 4.90 Å². The van der Waals surface area contributed by atoms with Gasteiger partial charge in [0.1, 0.15) is 4.32 Å². The molecule has 1 fully saturated rings. The molecule has 1 saturated heterocycles. The molecule has 5 heteroatoms. The number of aryl methyl sites for hydroxylation is 2. The second-order valence-electron chi connectivity index (χ2n) is 4.68. The SMILES string of the molecule is CC[C@@H]1SC(=S)N(CNc2ccc(C)c(C)c2)C1=O. The summed E-state index contributed by atoms with van der Waals surface area (Å²) >= 11 is 6.74. The Hall–Kier alpha value is -1.07. The first-order chi connectivity index (χ1) is 9.02. The number of benzene rings is 1. The van der Waals surface area contributed by atoms with E-state index in [0.29, 0.717) is 11.0 Å². The summed E-state index contributed by atoms with van der Waals surface area (Å²) in [7, 11) is 0. The van der Waals surface area contributed by atoms with E-state index >= 15 is 0 Å². The van der Waals surface area contributed by atoms with E-state index in [0.717, 1.165) is 12.1 Å². The number of thioether (sulfide) groups is 1. The van der Waals surface area contributed by atoms with Gasteiger partial charge in [-0.3, -0.25) is 9.69 Å². The van der Waals surface area contributed by atoms with Crippen LogP contribution in [-0.2, 0) is 4.79 Å². The van der Waals surface area contributed by atoms with Gasteiger partial charge in [0.25, 0.3) is 0 Å². The Morgan fingerprint density at radius 1 is 1.37 bits per heavy atom. The Morgan fingerprint density at radius 3 is 2.68 bits per heavy atom. The highest BCUT2D eigenvalue weighted by Crippen LogP contribution is 2.29. The van der Waals surface area contributed by atoms with Crippen molar-refractivity contribution in [2.24, 2.45) is 0 Å². The summed E-state index contributed by atoms with van der Waals surface area (Å²) in [5.74, 6) is 0.119. The van der Waals surface area contributed by atoms with Crippen LogP contribution in [0.4, 0.5) is 5.69 Å². The van der Waals surface area contributed by atoms with Crippen LogP contribution in [-0.4, -0.2) is 27.0 Å². The second kappa shape index (κ2) is 5.92. The van der Waals surface area contributed by atoms with E-state index in [9.17, 15) is 4.79 Å². The van der Waals surface area contributed by atoms with Crippen LogP contribution in [0.5, 0.6) is 0 Å². The largest absolute Gasteiger partial charge is 0.367 e. The van der Waals surface area contributed by atoms with Crippen LogP contribution in [0, 0.1) is 13.8 Å². The number of nitrogens with one attached hydrogen (secondary N) is 1. The highest BCUT2D eigenvalue weighted by molar-refractivity contribution is 8.24. The summed E-state index contributed by atoms with van der Waals surface area (Å²) in [6.07, 6.45) is 0.823. The molecule has 0 spiro atoms. The van der Waals surface area contributed by atoms with Crippen molar-refractivity contribution in [1.82, 2.24) is 4.90 Å². The zero-order valence-corrected chi connectivity index (χ0v) is 13.0. The normalized spacial score (nSPS) is 19.1. The van der Waals surface area contributed by atoms with Crippen LogP contribution in [0.3, 0.4) is 0 Å². The Kier molecular flexibility index (Phi) is 4.47. The monoisotopic (exact) mass is 294 g/mol. The summed E-state index contributed by atoms with van der Waals surface area (Å²) in [5.41, 5.74) is 3.52. The van der Waals surface area contributed by atoms with Crippen LogP contribution in [0.15, 0.2) is 18.2 Å². The Morgan fingerprint density at radius 2 is 2.11 bits per heavy atom. The van der Waals surface area contributed by atoms with Gasteiger partial charge in [-0.05, 0) is 43.5 Å². The standard InChI is InChI=1S/C14H18N2OS2/c1-4-12-13(17)16(14(18)19-12)8-15-11-6-5-9(2)10(3)7-11/h5-7,12,15H,4,8H2,1-3H3/t12-/m0/s1. The summed E-state index contributed by atoms with van der Waals surface area (Å²) < 4.78 is 0.674. The van der Waals surface area contributed by atoms with Gasteiger partial charge in [-0.1, -0.05) is 37.0 Å². The highest BCUT2D eigenvalue weighted by Gasteiger charge is 2.35. The lowest BCUT2D eigenvalue weighted by Gasteiger charge is -2.17. The molecule has 1 atom stereocenters. The maximum Gasteiger partial charge on any atom is 0.243 e. The fraction of sp³-hybridized carbons (Fsp3) is 0.429. The number of amides is 1. The van der Waals surface area contributed by atoms with Gasteiger partial charge in [0.15, 0.2) is 0 Å². The number of thiocarbonyl (C=S) groups is 1. The minimum atomic E-state index is -0.00551. The molecule has 1 aromatic carbocycles. The van der Waals surface area contributed by atoms with Gasteiger partial charge in [0.2, 0.25) is 5.91 Å². The average Bonchev–Trinajstić information content (AvgIpc) is 2.66. The Labute approximate surface area is 123 Å². The second-order valence-corrected chi connectivity index (χ2v) is 6.52. The van der Waals surface area contributed by atoms with Crippen molar-refractivity contribution in [3.05, 3.63) is 29.3 Å².